The van der Waals surface area contributed by atoms with E-state index in [2.05, 4.69) is 19.8 Å². The van der Waals surface area contributed by atoms with Crippen LogP contribution in [0.1, 0.15) is 25.0 Å². The number of ether oxygens (including phenoxy) is 2. The summed E-state index contributed by atoms with van der Waals surface area (Å²) in [6.07, 6.45) is -3.73. The topological polar surface area (TPSA) is 95.6 Å². The molecule has 2 aromatic heterocycles. The van der Waals surface area contributed by atoms with Gasteiger partial charge in [0, 0.05) is 12.6 Å². The summed E-state index contributed by atoms with van der Waals surface area (Å²) in [5.41, 5.74) is 2.70. The van der Waals surface area contributed by atoms with Gasteiger partial charge in [0.15, 0.2) is 17.1 Å². The van der Waals surface area contributed by atoms with Crippen LogP contribution >= 0.6 is 0 Å². The van der Waals surface area contributed by atoms with Crippen molar-refractivity contribution in [2.24, 2.45) is 7.05 Å². The second-order valence-corrected chi connectivity index (χ2v) is 8.88. The highest BCUT2D eigenvalue weighted by molar-refractivity contribution is 5.98. The van der Waals surface area contributed by atoms with Crippen LogP contribution in [0.15, 0.2) is 57.7 Å². The maximum atomic E-state index is 13.4. The molecule has 5 rings (SSSR count). The lowest BCUT2D eigenvalue weighted by Gasteiger charge is -2.24. The van der Waals surface area contributed by atoms with E-state index in [9.17, 15) is 18.4 Å². The van der Waals surface area contributed by atoms with Gasteiger partial charge in [0.1, 0.15) is 5.82 Å². The number of carbonyl (C=O) groups excluding carboxylic acids is 1. The van der Waals surface area contributed by atoms with Gasteiger partial charge < -0.3 is 19.2 Å². The third-order valence-corrected chi connectivity index (χ3v) is 6.09. The number of anilines is 1. The Morgan fingerprint density at radius 3 is 2.57 bits per heavy atom. The summed E-state index contributed by atoms with van der Waals surface area (Å²) in [7, 11) is 1.62. The number of oxazole rings is 1. The Bertz CT molecular complexity index is 1550. The molecular formula is C25H21F2N3O5. The number of nitrogens with one attached hydrogen (secondary N) is 1. The number of aromatic nitrogens is 2. The standard InChI is InChI=1S/C25H21F2N3O5/c1-13-5-10-20(28-21(13)14-6-8-17-16(11-14)30(4)23(32)33-17)29-22(31)24(2,3)15-7-9-18-19(12-15)35-25(26,27)34-18/h5-12H,1-4H3,(H,28,29,31). The average Bonchev–Trinajstić information content (AvgIpc) is 3.27. The number of carbonyl (C=O) groups is 1. The van der Waals surface area contributed by atoms with E-state index in [-0.39, 0.29) is 11.5 Å². The predicted molar refractivity (Wildman–Crippen MR) is 124 cm³/mol. The van der Waals surface area contributed by atoms with Crippen molar-refractivity contribution < 1.29 is 27.5 Å². The summed E-state index contributed by atoms with van der Waals surface area (Å²) < 4.78 is 42.3. The molecule has 0 bridgehead atoms. The number of rotatable bonds is 4. The molecule has 1 amide bonds. The van der Waals surface area contributed by atoms with Crippen LogP contribution in [0.3, 0.4) is 0 Å². The van der Waals surface area contributed by atoms with Gasteiger partial charge in [-0.2, -0.15) is 0 Å². The van der Waals surface area contributed by atoms with Crippen LogP contribution in [-0.2, 0) is 17.3 Å². The van der Waals surface area contributed by atoms with Crippen molar-refractivity contribution >= 4 is 22.8 Å². The first kappa shape index (κ1) is 22.6. The monoisotopic (exact) mass is 481 g/mol. The Morgan fingerprint density at radius 2 is 1.80 bits per heavy atom. The number of amides is 1. The Kier molecular flexibility index (Phi) is 4.94. The fourth-order valence-corrected chi connectivity index (χ4v) is 3.91. The van der Waals surface area contributed by atoms with Crippen LogP contribution in [0.2, 0.25) is 0 Å². The van der Waals surface area contributed by atoms with Gasteiger partial charge in [0.2, 0.25) is 5.91 Å². The number of fused-ring (bicyclic) bond motifs is 2. The van der Waals surface area contributed by atoms with Crippen LogP contribution in [0.25, 0.3) is 22.4 Å². The number of nitrogens with zero attached hydrogens (tertiary/aromatic N) is 2. The molecule has 3 heterocycles. The summed E-state index contributed by atoms with van der Waals surface area (Å²) >= 11 is 0. The van der Waals surface area contributed by atoms with Crippen molar-refractivity contribution in [3.63, 3.8) is 0 Å². The number of halogens is 2. The largest absolute Gasteiger partial charge is 0.586 e. The minimum atomic E-state index is -3.73. The molecular weight excluding hydrogens is 460 g/mol. The maximum absolute atomic E-state index is 13.4. The molecule has 35 heavy (non-hydrogen) atoms. The molecule has 1 aliphatic rings. The molecule has 10 heteroatoms. The minimum absolute atomic E-state index is 0.0908. The number of hydrogen-bond donors (Lipinski definition) is 1. The van der Waals surface area contributed by atoms with E-state index in [4.69, 9.17) is 4.42 Å². The summed E-state index contributed by atoms with van der Waals surface area (Å²) in [5.74, 6) is -0.757. The molecule has 1 N–H and O–H groups in total. The molecule has 0 aliphatic carbocycles. The lowest BCUT2D eigenvalue weighted by molar-refractivity contribution is -0.286. The smallest absolute Gasteiger partial charge is 0.408 e. The van der Waals surface area contributed by atoms with Gasteiger partial charge in [-0.15, -0.1) is 8.78 Å². The first-order valence-electron chi connectivity index (χ1n) is 10.7. The SMILES string of the molecule is Cc1ccc(NC(=O)C(C)(C)c2ccc3c(c2)OC(F)(F)O3)nc1-c1ccc2oc(=O)n(C)c2c1. The van der Waals surface area contributed by atoms with Gasteiger partial charge in [0.25, 0.3) is 0 Å². The zero-order chi connectivity index (χ0) is 25.1. The first-order chi connectivity index (χ1) is 16.4. The Morgan fingerprint density at radius 1 is 1.06 bits per heavy atom. The number of alkyl halides is 2. The molecule has 0 atom stereocenters. The van der Waals surface area contributed by atoms with Gasteiger partial charge in [-0.1, -0.05) is 12.1 Å². The molecule has 2 aromatic carbocycles. The average molecular weight is 481 g/mol. The molecule has 4 aromatic rings. The van der Waals surface area contributed by atoms with Crippen molar-refractivity contribution in [2.45, 2.75) is 32.5 Å². The van der Waals surface area contributed by atoms with E-state index in [1.807, 2.05) is 13.0 Å². The third kappa shape index (κ3) is 3.90. The van der Waals surface area contributed by atoms with Crippen molar-refractivity contribution in [1.82, 2.24) is 9.55 Å². The van der Waals surface area contributed by atoms with Crippen LogP contribution < -0.4 is 20.5 Å². The maximum Gasteiger partial charge on any atom is 0.586 e. The van der Waals surface area contributed by atoms with E-state index in [1.165, 1.54) is 16.7 Å². The molecule has 1 aliphatic heterocycles. The summed E-state index contributed by atoms with van der Waals surface area (Å²) in [6, 6.07) is 13.1. The van der Waals surface area contributed by atoms with Crippen molar-refractivity contribution in [2.75, 3.05) is 5.32 Å². The Labute approximate surface area is 198 Å². The highest BCUT2D eigenvalue weighted by atomic mass is 19.3. The Balaban J connectivity index is 1.43. The van der Waals surface area contributed by atoms with Crippen LogP contribution in [-0.4, -0.2) is 21.8 Å². The molecule has 0 spiro atoms. The van der Waals surface area contributed by atoms with Crippen LogP contribution in [0, 0.1) is 6.92 Å². The number of hydrogen-bond acceptors (Lipinski definition) is 6. The van der Waals surface area contributed by atoms with Gasteiger partial charge in [-0.25, -0.2) is 9.78 Å². The number of aryl methyl sites for hydroxylation is 2. The minimum Gasteiger partial charge on any atom is -0.408 e. The van der Waals surface area contributed by atoms with E-state index < -0.39 is 23.4 Å². The summed E-state index contributed by atoms with van der Waals surface area (Å²) in [6.45, 7) is 5.22. The highest BCUT2D eigenvalue weighted by Gasteiger charge is 2.44. The van der Waals surface area contributed by atoms with Gasteiger partial charge in [-0.05, 0) is 68.3 Å². The van der Waals surface area contributed by atoms with Gasteiger partial charge >= 0.3 is 12.1 Å². The zero-order valence-electron chi connectivity index (χ0n) is 19.3. The quantitative estimate of drug-likeness (QED) is 0.452. The molecule has 180 valence electrons. The second kappa shape index (κ2) is 7.66. The van der Waals surface area contributed by atoms with E-state index in [0.717, 1.165) is 11.1 Å². The lowest BCUT2D eigenvalue weighted by atomic mass is 9.83. The number of benzene rings is 2. The fourth-order valence-electron chi connectivity index (χ4n) is 3.91. The van der Waals surface area contributed by atoms with Crippen molar-refractivity contribution in [3.05, 3.63) is 70.2 Å². The Hall–Kier alpha value is -4.21. The molecule has 0 saturated heterocycles. The molecule has 0 saturated carbocycles. The van der Waals surface area contributed by atoms with Crippen molar-refractivity contribution in [3.8, 4) is 22.8 Å². The fraction of sp³-hybridized carbons (Fsp3) is 0.240. The van der Waals surface area contributed by atoms with Gasteiger partial charge in [-0.3, -0.25) is 9.36 Å². The third-order valence-electron chi connectivity index (χ3n) is 6.09. The summed E-state index contributed by atoms with van der Waals surface area (Å²) in [5, 5.41) is 2.81. The van der Waals surface area contributed by atoms with Crippen LogP contribution in [0.5, 0.6) is 11.5 Å². The highest BCUT2D eigenvalue weighted by Crippen LogP contribution is 2.43. The normalized spacial score (nSPS) is 14.3. The van der Waals surface area contributed by atoms with Gasteiger partial charge in [0.05, 0.1) is 16.6 Å². The second-order valence-electron chi connectivity index (χ2n) is 8.88. The van der Waals surface area contributed by atoms with Crippen molar-refractivity contribution in [1.29, 1.82) is 0 Å². The predicted octanol–water partition coefficient (Wildman–Crippen LogP) is 4.74. The summed E-state index contributed by atoms with van der Waals surface area (Å²) in [4.78, 5) is 29.6. The zero-order valence-corrected chi connectivity index (χ0v) is 19.3. The van der Waals surface area contributed by atoms with E-state index >= 15 is 0 Å². The van der Waals surface area contributed by atoms with E-state index in [1.54, 1.807) is 51.2 Å². The number of pyridine rings is 1. The first-order valence-corrected chi connectivity index (χ1v) is 10.7. The van der Waals surface area contributed by atoms with Crippen LogP contribution in [0.4, 0.5) is 14.6 Å². The van der Waals surface area contributed by atoms with E-state index in [0.29, 0.717) is 28.2 Å². The molecule has 8 nitrogen and oxygen atoms in total. The molecule has 0 radical (unpaired) electrons. The molecule has 0 fully saturated rings. The molecule has 0 unspecified atom stereocenters. The lowest BCUT2D eigenvalue weighted by Crippen LogP contribution is -2.35.